The highest BCUT2D eigenvalue weighted by Gasteiger charge is 2.25. The minimum Gasteiger partial charge on any atom is -0.384 e. The maximum atomic E-state index is 5.63. The van der Waals surface area contributed by atoms with Crippen molar-refractivity contribution in [3.63, 3.8) is 0 Å². The molecule has 2 heterocycles. The van der Waals surface area contributed by atoms with E-state index in [1.807, 2.05) is 12.3 Å². The van der Waals surface area contributed by atoms with E-state index in [0.29, 0.717) is 11.7 Å². The van der Waals surface area contributed by atoms with E-state index in [0.717, 1.165) is 6.04 Å². The second-order valence-electron chi connectivity index (χ2n) is 5.13. The van der Waals surface area contributed by atoms with E-state index < -0.39 is 0 Å². The highest BCUT2D eigenvalue weighted by Crippen LogP contribution is 2.29. The van der Waals surface area contributed by atoms with Crippen LogP contribution in [0.5, 0.6) is 0 Å². The summed E-state index contributed by atoms with van der Waals surface area (Å²) < 4.78 is 0. The smallest absolute Gasteiger partial charge is 0.123 e. The number of hydrogen-bond donors (Lipinski definition) is 1. The van der Waals surface area contributed by atoms with E-state index in [-0.39, 0.29) is 0 Å². The van der Waals surface area contributed by atoms with Gasteiger partial charge in [-0.3, -0.25) is 0 Å². The predicted molar refractivity (Wildman–Crippen MR) is 72.0 cm³/mol. The molecule has 0 aromatic carbocycles. The largest absolute Gasteiger partial charge is 0.384 e. The van der Waals surface area contributed by atoms with Gasteiger partial charge < -0.3 is 10.6 Å². The Kier molecular flexibility index (Phi) is 4.00. The number of nitrogen functional groups attached to an aromatic ring is 1. The van der Waals surface area contributed by atoms with E-state index in [1.165, 1.54) is 37.9 Å². The maximum absolute atomic E-state index is 5.63. The first-order valence-corrected chi connectivity index (χ1v) is 6.66. The Bertz CT molecular complexity index is 347. The van der Waals surface area contributed by atoms with Crippen molar-refractivity contribution in [3.05, 3.63) is 23.9 Å². The summed E-state index contributed by atoms with van der Waals surface area (Å²) >= 11 is 0. The lowest BCUT2D eigenvalue weighted by molar-refractivity contribution is 0.144. The van der Waals surface area contributed by atoms with Gasteiger partial charge in [-0.15, -0.1) is 0 Å². The Morgan fingerprint density at radius 1 is 1.41 bits per heavy atom. The second-order valence-corrected chi connectivity index (χ2v) is 5.13. The van der Waals surface area contributed by atoms with Crippen LogP contribution >= 0.6 is 0 Å². The van der Waals surface area contributed by atoms with Gasteiger partial charge in [-0.2, -0.15) is 0 Å². The highest BCUT2D eigenvalue weighted by molar-refractivity contribution is 5.31. The molecule has 2 rings (SSSR count). The molecule has 1 saturated heterocycles. The van der Waals surface area contributed by atoms with Crippen molar-refractivity contribution in [2.24, 2.45) is 0 Å². The normalized spacial score (nSPS) is 26.0. The fourth-order valence-electron chi connectivity index (χ4n) is 2.71. The zero-order valence-corrected chi connectivity index (χ0v) is 10.9. The van der Waals surface area contributed by atoms with Crippen molar-refractivity contribution in [2.45, 2.75) is 45.1 Å². The van der Waals surface area contributed by atoms with Gasteiger partial charge in [0.1, 0.15) is 5.82 Å². The number of nitrogens with two attached hydrogens (primary N) is 1. The molecule has 2 N–H and O–H groups in total. The molecule has 0 spiro atoms. The van der Waals surface area contributed by atoms with E-state index in [4.69, 9.17) is 5.73 Å². The van der Waals surface area contributed by atoms with Gasteiger partial charge in [0.05, 0.1) is 0 Å². The van der Waals surface area contributed by atoms with Crippen LogP contribution in [-0.2, 0) is 0 Å². The SMILES string of the molecule is CCCN1C[C@@H](c2ccc(N)nc2)CC[C@@H]1C. The number of hydrogen-bond acceptors (Lipinski definition) is 3. The van der Waals surface area contributed by atoms with E-state index in [1.54, 1.807) is 0 Å². The van der Waals surface area contributed by atoms with Crippen LogP contribution in [0, 0.1) is 0 Å². The van der Waals surface area contributed by atoms with Crippen molar-refractivity contribution >= 4 is 5.82 Å². The predicted octanol–water partition coefficient (Wildman–Crippen LogP) is 2.64. The van der Waals surface area contributed by atoms with Gasteiger partial charge in [-0.05, 0) is 50.3 Å². The van der Waals surface area contributed by atoms with E-state index in [2.05, 4.69) is 29.8 Å². The molecule has 2 atom stereocenters. The van der Waals surface area contributed by atoms with Crippen LogP contribution in [0.2, 0.25) is 0 Å². The Hall–Kier alpha value is -1.09. The lowest BCUT2D eigenvalue weighted by Crippen LogP contribution is -2.41. The van der Waals surface area contributed by atoms with E-state index in [9.17, 15) is 0 Å². The minimum atomic E-state index is 0.614. The molecule has 1 fully saturated rings. The van der Waals surface area contributed by atoms with Crippen LogP contribution in [-0.4, -0.2) is 29.0 Å². The maximum Gasteiger partial charge on any atom is 0.123 e. The lowest BCUT2D eigenvalue weighted by Gasteiger charge is -2.38. The minimum absolute atomic E-state index is 0.614. The first-order chi connectivity index (χ1) is 8.20. The molecule has 0 unspecified atom stereocenters. The first kappa shape index (κ1) is 12.4. The molecule has 1 aromatic heterocycles. The Balaban J connectivity index is 2.04. The van der Waals surface area contributed by atoms with Crippen LogP contribution in [0.1, 0.15) is 44.6 Å². The molecule has 0 amide bonds. The third-order valence-electron chi connectivity index (χ3n) is 3.80. The van der Waals surface area contributed by atoms with Gasteiger partial charge in [0.15, 0.2) is 0 Å². The molecule has 1 aliphatic rings. The summed E-state index contributed by atoms with van der Waals surface area (Å²) in [4.78, 5) is 6.81. The number of likely N-dealkylation sites (tertiary alicyclic amines) is 1. The number of anilines is 1. The molecule has 1 aromatic rings. The molecular weight excluding hydrogens is 210 g/mol. The van der Waals surface area contributed by atoms with Crippen molar-refractivity contribution in [1.29, 1.82) is 0 Å². The summed E-state index contributed by atoms with van der Waals surface area (Å²) in [5.74, 6) is 1.24. The van der Waals surface area contributed by atoms with Gasteiger partial charge in [0.2, 0.25) is 0 Å². The lowest BCUT2D eigenvalue weighted by atomic mass is 9.88. The third kappa shape index (κ3) is 2.97. The fourth-order valence-corrected chi connectivity index (χ4v) is 2.71. The number of pyridine rings is 1. The molecular formula is C14H23N3. The summed E-state index contributed by atoms with van der Waals surface area (Å²) in [5.41, 5.74) is 6.97. The van der Waals surface area contributed by atoms with E-state index >= 15 is 0 Å². The molecule has 0 aliphatic carbocycles. The topological polar surface area (TPSA) is 42.1 Å². The summed E-state index contributed by atoms with van der Waals surface area (Å²) in [6, 6.07) is 4.78. The second kappa shape index (κ2) is 5.50. The molecule has 94 valence electrons. The van der Waals surface area contributed by atoms with Gasteiger partial charge >= 0.3 is 0 Å². The standard InChI is InChI=1S/C14H23N3/c1-3-8-17-10-13(5-4-11(17)2)12-6-7-14(15)16-9-12/h6-7,9,11,13H,3-5,8,10H2,1-2H3,(H2,15,16)/t11-,13-/m0/s1. The Morgan fingerprint density at radius 2 is 2.24 bits per heavy atom. The molecule has 0 saturated carbocycles. The monoisotopic (exact) mass is 233 g/mol. The van der Waals surface area contributed by atoms with Crippen LogP contribution in [0.4, 0.5) is 5.82 Å². The third-order valence-corrected chi connectivity index (χ3v) is 3.80. The molecule has 3 nitrogen and oxygen atoms in total. The van der Waals surface area contributed by atoms with Gasteiger partial charge in [-0.25, -0.2) is 4.98 Å². The average molecular weight is 233 g/mol. The van der Waals surface area contributed by atoms with Crippen LogP contribution in [0.15, 0.2) is 18.3 Å². The number of nitrogens with zero attached hydrogens (tertiary/aromatic N) is 2. The van der Waals surface area contributed by atoms with Gasteiger partial charge in [0.25, 0.3) is 0 Å². The number of rotatable bonds is 3. The van der Waals surface area contributed by atoms with Crippen LogP contribution in [0.25, 0.3) is 0 Å². The first-order valence-electron chi connectivity index (χ1n) is 6.66. The molecule has 0 bridgehead atoms. The van der Waals surface area contributed by atoms with Crippen LogP contribution < -0.4 is 5.73 Å². The van der Waals surface area contributed by atoms with Crippen molar-refractivity contribution in [1.82, 2.24) is 9.88 Å². The summed E-state index contributed by atoms with van der Waals surface area (Å²) in [5, 5.41) is 0. The van der Waals surface area contributed by atoms with Crippen molar-refractivity contribution in [3.8, 4) is 0 Å². The number of aromatic nitrogens is 1. The zero-order chi connectivity index (χ0) is 12.3. The van der Waals surface area contributed by atoms with Crippen LogP contribution in [0.3, 0.4) is 0 Å². The molecule has 3 heteroatoms. The highest BCUT2D eigenvalue weighted by atomic mass is 15.2. The molecule has 1 aliphatic heterocycles. The summed E-state index contributed by atoms with van der Waals surface area (Å²) in [6.45, 7) is 6.97. The van der Waals surface area contributed by atoms with Crippen molar-refractivity contribution < 1.29 is 0 Å². The quantitative estimate of drug-likeness (QED) is 0.872. The summed E-state index contributed by atoms with van der Waals surface area (Å²) in [7, 11) is 0. The van der Waals surface area contributed by atoms with Gasteiger partial charge in [-0.1, -0.05) is 13.0 Å². The average Bonchev–Trinajstić information content (AvgIpc) is 2.33. The molecule has 17 heavy (non-hydrogen) atoms. The van der Waals surface area contributed by atoms with Crippen molar-refractivity contribution in [2.75, 3.05) is 18.8 Å². The summed E-state index contributed by atoms with van der Waals surface area (Å²) in [6.07, 6.45) is 5.74. The fraction of sp³-hybridized carbons (Fsp3) is 0.643. The Morgan fingerprint density at radius 3 is 2.88 bits per heavy atom. The Labute approximate surface area is 104 Å². The zero-order valence-electron chi connectivity index (χ0n) is 10.9. The number of piperidine rings is 1. The van der Waals surface area contributed by atoms with Gasteiger partial charge in [0, 0.05) is 18.8 Å². The molecule has 0 radical (unpaired) electrons.